The Balaban J connectivity index is 2.12. The molecule has 0 aliphatic carbocycles. The van der Waals surface area contributed by atoms with Crippen molar-refractivity contribution < 1.29 is 8.42 Å². The summed E-state index contributed by atoms with van der Waals surface area (Å²) in [5.74, 6) is 0. The lowest BCUT2D eigenvalue weighted by Gasteiger charge is -2.28. The van der Waals surface area contributed by atoms with Crippen molar-refractivity contribution in [1.82, 2.24) is 0 Å². The highest BCUT2D eigenvalue weighted by molar-refractivity contribution is 9.13. The van der Waals surface area contributed by atoms with Gasteiger partial charge in [0.15, 0.2) is 17.1 Å². The van der Waals surface area contributed by atoms with Crippen LogP contribution >= 0.6 is 31.9 Å². The van der Waals surface area contributed by atoms with Gasteiger partial charge in [0.1, 0.15) is 0 Å². The zero-order valence-electron chi connectivity index (χ0n) is 13.1. The van der Waals surface area contributed by atoms with E-state index >= 15 is 0 Å². The van der Waals surface area contributed by atoms with Crippen molar-refractivity contribution in [2.75, 3.05) is 0 Å². The quantitative estimate of drug-likeness (QED) is 0.469. The molecule has 2 unspecified atom stereocenters. The third-order valence-electron chi connectivity index (χ3n) is 4.65. The molecule has 0 N–H and O–H groups in total. The van der Waals surface area contributed by atoms with E-state index < -0.39 is 17.1 Å². The van der Waals surface area contributed by atoms with Crippen LogP contribution in [-0.2, 0) is 17.1 Å². The van der Waals surface area contributed by atoms with Crippen LogP contribution in [0, 0.1) is 0 Å². The van der Waals surface area contributed by atoms with Crippen LogP contribution in [0.25, 0.3) is 0 Å². The summed E-state index contributed by atoms with van der Waals surface area (Å²) in [6.45, 7) is 0. The molecule has 25 heavy (non-hydrogen) atoms. The van der Waals surface area contributed by atoms with E-state index in [9.17, 15) is 8.42 Å². The maximum Gasteiger partial charge on any atom is 0.198 e. The lowest BCUT2D eigenvalue weighted by atomic mass is 9.95. The minimum absolute atomic E-state index is 0.694. The van der Waals surface area contributed by atoms with E-state index in [-0.39, 0.29) is 0 Å². The lowest BCUT2D eigenvalue weighted by Crippen LogP contribution is -2.35. The Morgan fingerprint density at radius 1 is 0.560 bits per heavy atom. The fourth-order valence-corrected chi connectivity index (χ4v) is 9.00. The van der Waals surface area contributed by atoms with Gasteiger partial charge in [-0.05, 0) is 22.3 Å². The fraction of sp³-hybridized carbons (Fsp3) is 0.100. The van der Waals surface area contributed by atoms with Crippen molar-refractivity contribution in [3.8, 4) is 0 Å². The van der Waals surface area contributed by atoms with Crippen LogP contribution in [0.1, 0.15) is 22.3 Å². The third kappa shape index (κ3) is 2.09. The molecule has 5 heteroatoms. The minimum Gasteiger partial charge on any atom is -0.224 e. The first-order valence-electron chi connectivity index (χ1n) is 7.77. The lowest BCUT2D eigenvalue weighted by molar-refractivity contribution is 0.582. The second-order valence-electron chi connectivity index (χ2n) is 5.97. The SMILES string of the molecule is O=S1(=O)C(Br)(c2ccccc2)c2ccccc2C1(Br)c1ccccc1. The topological polar surface area (TPSA) is 34.1 Å². The molecule has 3 aromatic carbocycles. The summed E-state index contributed by atoms with van der Waals surface area (Å²) in [6.07, 6.45) is 0. The molecule has 4 rings (SSSR count). The summed E-state index contributed by atoms with van der Waals surface area (Å²) < 4.78 is 25.2. The Bertz CT molecular complexity index is 957. The average Bonchev–Trinajstić information content (AvgIpc) is 2.81. The zero-order chi connectivity index (χ0) is 17.7. The molecular formula is C20H14Br2O2S. The monoisotopic (exact) mass is 476 g/mol. The maximum atomic E-state index is 13.9. The predicted molar refractivity (Wildman–Crippen MR) is 108 cm³/mol. The van der Waals surface area contributed by atoms with E-state index in [0.717, 1.165) is 11.1 Å². The Labute approximate surface area is 164 Å². The van der Waals surface area contributed by atoms with Crippen LogP contribution in [0.2, 0.25) is 0 Å². The van der Waals surface area contributed by atoms with E-state index in [1.807, 2.05) is 84.9 Å². The second-order valence-corrected chi connectivity index (χ2v) is 11.6. The molecule has 0 bridgehead atoms. The van der Waals surface area contributed by atoms with Gasteiger partial charge >= 0.3 is 0 Å². The summed E-state index contributed by atoms with van der Waals surface area (Å²) in [5, 5.41) is 0. The van der Waals surface area contributed by atoms with Crippen molar-refractivity contribution in [3.05, 3.63) is 107 Å². The summed E-state index contributed by atoms with van der Waals surface area (Å²) in [5.41, 5.74) is 2.86. The van der Waals surface area contributed by atoms with E-state index in [1.165, 1.54) is 0 Å². The molecular weight excluding hydrogens is 464 g/mol. The molecule has 1 aliphatic rings. The molecule has 0 aromatic heterocycles. The van der Waals surface area contributed by atoms with Gasteiger partial charge in [0, 0.05) is 0 Å². The van der Waals surface area contributed by atoms with Gasteiger partial charge in [-0.3, -0.25) is 0 Å². The molecule has 0 saturated heterocycles. The van der Waals surface area contributed by atoms with E-state index in [1.54, 1.807) is 0 Å². The number of rotatable bonds is 2. The normalized spacial score (nSPS) is 27.0. The molecule has 0 saturated carbocycles. The van der Waals surface area contributed by atoms with Crippen LogP contribution < -0.4 is 0 Å². The molecule has 2 atom stereocenters. The first kappa shape index (κ1) is 17.0. The predicted octanol–water partition coefficient (Wildman–Crippen LogP) is 5.31. The van der Waals surface area contributed by atoms with Crippen LogP contribution in [0.4, 0.5) is 0 Å². The van der Waals surface area contributed by atoms with Gasteiger partial charge in [0.05, 0.1) is 0 Å². The number of sulfone groups is 1. The molecule has 0 amide bonds. The Kier molecular flexibility index (Phi) is 3.94. The van der Waals surface area contributed by atoms with Gasteiger partial charge in [0.25, 0.3) is 0 Å². The van der Waals surface area contributed by atoms with Crippen molar-refractivity contribution in [2.45, 2.75) is 7.31 Å². The number of fused-ring (bicyclic) bond motifs is 1. The Hall–Kier alpha value is -1.43. The van der Waals surface area contributed by atoms with Gasteiger partial charge in [-0.1, -0.05) is 117 Å². The van der Waals surface area contributed by atoms with E-state index in [4.69, 9.17) is 0 Å². The highest BCUT2D eigenvalue weighted by atomic mass is 79.9. The van der Waals surface area contributed by atoms with Crippen molar-refractivity contribution in [3.63, 3.8) is 0 Å². The second kappa shape index (κ2) is 5.79. The molecule has 1 heterocycles. The van der Waals surface area contributed by atoms with Gasteiger partial charge in [-0.15, -0.1) is 0 Å². The van der Waals surface area contributed by atoms with Gasteiger partial charge in [-0.25, -0.2) is 8.42 Å². The van der Waals surface area contributed by atoms with E-state index in [2.05, 4.69) is 31.9 Å². The van der Waals surface area contributed by atoms with Gasteiger partial charge in [0.2, 0.25) is 0 Å². The van der Waals surface area contributed by atoms with Crippen LogP contribution in [0.3, 0.4) is 0 Å². The molecule has 3 aromatic rings. The molecule has 1 aliphatic heterocycles. The largest absolute Gasteiger partial charge is 0.224 e. The fourth-order valence-electron chi connectivity index (χ4n) is 3.45. The number of benzene rings is 3. The third-order valence-corrected chi connectivity index (χ3v) is 11.4. The first-order valence-corrected chi connectivity index (χ1v) is 10.8. The van der Waals surface area contributed by atoms with Crippen molar-refractivity contribution in [2.24, 2.45) is 0 Å². The van der Waals surface area contributed by atoms with E-state index in [0.29, 0.717) is 11.1 Å². The standard InChI is InChI=1S/C20H14Br2O2S/c21-19(15-9-3-1-4-10-15)17-13-7-8-14-18(17)20(22,25(19,23)24)16-11-5-2-6-12-16/h1-14H. The molecule has 0 radical (unpaired) electrons. The number of hydrogen-bond donors (Lipinski definition) is 0. The smallest absolute Gasteiger partial charge is 0.198 e. The number of halogens is 2. The highest BCUT2D eigenvalue weighted by Gasteiger charge is 2.65. The summed E-state index contributed by atoms with van der Waals surface area (Å²) in [4.78, 5) is 0. The molecule has 2 nitrogen and oxygen atoms in total. The average molecular weight is 478 g/mol. The van der Waals surface area contributed by atoms with Gasteiger partial charge in [-0.2, -0.15) is 0 Å². The zero-order valence-corrected chi connectivity index (χ0v) is 17.1. The summed E-state index contributed by atoms with van der Waals surface area (Å²) in [6, 6.07) is 26.0. The Morgan fingerprint density at radius 2 is 0.880 bits per heavy atom. The number of alkyl halides is 2. The Morgan fingerprint density at radius 3 is 1.24 bits per heavy atom. The molecule has 126 valence electrons. The van der Waals surface area contributed by atoms with Crippen LogP contribution in [0.15, 0.2) is 84.9 Å². The van der Waals surface area contributed by atoms with Gasteiger partial charge < -0.3 is 0 Å². The van der Waals surface area contributed by atoms with Crippen LogP contribution in [-0.4, -0.2) is 8.42 Å². The van der Waals surface area contributed by atoms with Crippen molar-refractivity contribution in [1.29, 1.82) is 0 Å². The highest BCUT2D eigenvalue weighted by Crippen LogP contribution is 2.63. The summed E-state index contributed by atoms with van der Waals surface area (Å²) >= 11 is 7.26. The minimum atomic E-state index is -3.76. The number of hydrogen-bond acceptors (Lipinski definition) is 2. The maximum absolute atomic E-state index is 13.9. The molecule has 0 spiro atoms. The summed E-state index contributed by atoms with van der Waals surface area (Å²) in [7, 11) is -3.76. The molecule has 0 fully saturated rings. The van der Waals surface area contributed by atoms with Crippen LogP contribution in [0.5, 0.6) is 0 Å². The van der Waals surface area contributed by atoms with Crippen molar-refractivity contribution >= 4 is 41.7 Å². The first-order chi connectivity index (χ1) is 11.9.